The first-order valence-electron chi connectivity index (χ1n) is 8.65. The van der Waals surface area contributed by atoms with Gasteiger partial charge in [0.15, 0.2) is 0 Å². The summed E-state index contributed by atoms with van der Waals surface area (Å²) in [6.07, 6.45) is 3.64. The minimum Gasteiger partial charge on any atom is -0.469 e. The van der Waals surface area contributed by atoms with E-state index >= 15 is 0 Å². The van der Waals surface area contributed by atoms with Gasteiger partial charge in [-0.15, -0.1) is 0 Å². The maximum Gasteiger partial charge on any atom is 0.254 e. The fraction of sp³-hybridized carbons (Fsp3) is 0.450. The third-order valence-electron chi connectivity index (χ3n) is 4.89. The number of likely N-dealkylation sites (N-methyl/N-ethyl adjacent to an activating group) is 1. The van der Waals surface area contributed by atoms with Crippen LogP contribution in [-0.4, -0.2) is 42.4 Å². The molecule has 1 aromatic carbocycles. The van der Waals surface area contributed by atoms with Crippen LogP contribution in [-0.2, 0) is 13.0 Å². The van der Waals surface area contributed by atoms with Crippen LogP contribution in [0.1, 0.15) is 39.2 Å². The van der Waals surface area contributed by atoms with Gasteiger partial charge in [-0.2, -0.15) is 0 Å². The highest BCUT2D eigenvalue weighted by Crippen LogP contribution is 2.25. The second kappa shape index (κ2) is 7.22. The van der Waals surface area contributed by atoms with Gasteiger partial charge < -0.3 is 14.2 Å². The average molecular weight is 326 g/mol. The predicted octanol–water partition coefficient (Wildman–Crippen LogP) is 3.42. The monoisotopic (exact) mass is 326 g/mol. The summed E-state index contributed by atoms with van der Waals surface area (Å²) < 4.78 is 5.36. The molecule has 2 heterocycles. The molecule has 4 heteroatoms. The van der Waals surface area contributed by atoms with Crippen molar-refractivity contribution in [3.05, 3.63) is 58.5 Å². The zero-order valence-electron chi connectivity index (χ0n) is 14.8. The lowest BCUT2D eigenvalue weighted by Crippen LogP contribution is -2.29. The number of fused-ring (bicyclic) bond motifs is 1. The highest BCUT2D eigenvalue weighted by molar-refractivity contribution is 5.98. The molecule has 1 aliphatic rings. The maximum absolute atomic E-state index is 12.5. The first kappa shape index (κ1) is 16.8. The van der Waals surface area contributed by atoms with Crippen molar-refractivity contribution >= 4 is 5.91 Å². The largest absolute Gasteiger partial charge is 0.469 e. The first-order chi connectivity index (χ1) is 11.5. The van der Waals surface area contributed by atoms with Crippen molar-refractivity contribution < 1.29 is 9.21 Å². The van der Waals surface area contributed by atoms with Crippen molar-refractivity contribution in [1.29, 1.82) is 0 Å². The number of amides is 1. The third-order valence-corrected chi connectivity index (χ3v) is 4.89. The SMILES string of the molecule is Cc1cc2c(cc1C)C(=O)N(CCCN(C)CCc1ccco1)C2. The lowest BCUT2D eigenvalue weighted by atomic mass is 10.0. The molecule has 128 valence electrons. The van der Waals surface area contributed by atoms with Gasteiger partial charge in [0, 0.05) is 31.6 Å². The Hall–Kier alpha value is -2.07. The van der Waals surface area contributed by atoms with E-state index in [1.807, 2.05) is 23.1 Å². The van der Waals surface area contributed by atoms with E-state index in [1.54, 1.807) is 6.26 Å². The molecule has 3 rings (SSSR count). The smallest absolute Gasteiger partial charge is 0.254 e. The predicted molar refractivity (Wildman–Crippen MR) is 95.2 cm³/mol. The quantitative estimate of drug-likeness (QED) is 0.782. The molecule has 4 nitrogen and oxygen atoms in total. The summed E-state index contributed by atoms with van der Waals surface area (Å²) >= 11 is 0. The molecule has 0 aliphatic carbocycles. The van der Waals surface area contributed by atoms with Crippen molar-refractivity contribution in [2.24, 2.45) is 0 Å². The van der Waals surface area contributed by atoms with E-state index in [1.165, 1.54) is 16.7 Å². The molecule has 0 atom stereocenters. The third kappa shape index (κ3) is 3.70. The zero-order valence-corrected chi connectivity index (χ0v) is 14.8. The average Bonchev–Trinajstić information content (AvgIpc) is 3.16. The number of rotatable bonds is 7. The van der Waals surface area contributed by atoms with Crippen LogP contribution in [0.25, 0.3) is 0 Å². The Morgan fingerprint density at radius 3 is 2.75 bits per heavy atom. The first-order valence-corrected chi connectivity index (χ1v) is 8.65. The van der Waals surface area contributed by atoms with Crippen LogP contribution in [0, 0.1) is 13.8 Å². The fourth-order valence-corrected chi connectivity index (χ4v) is 3.23. The summed E-state index contributed by atoms with van der Waals surface area (Å²) in [6.45, 7) is 7.71. The van der Waals surface area contributed by atoms with Crippen molar-refractivity contribution in [3.8, 4) is 0 Å². The number of nitrogens with zero attached hydrogens (tertiary/aromatic N) is 2. The molecule has 24 heavy (non-hydrogen) atoms. The Morgan fingerprint density at radius 2 is 2.00 bits per heavy atom. The van der Waals surface area contributed by atoms with Gasteiger partial charge >= 0.3 is 0 Å². The van der Waals surface area contributed by atoms with Gasteiger partial charge in [-0.3, -0.25) is 4.79 Å². The normalized spacial score (nSPS) is 13.8. The van der Waals surface area contributed by atoms with E-state index in [2.05, 4.69) is 31.9 Å². The standard InChI is InChI=1S/C20H26N2O2/c1-15-12-17-14-22(20(23)19(17)13-16(15)2)9-5-8-21(3)10-7-18-6-4-11-24-18/h4,6,11-13H,5,7-10,14H2,1-3H3. The molecule has 0 bridgehead atoms. The molecule has 0 fully saturated rings. The van der Waals surface area contributed by atoms with E-state index in [-0.39, 0.29) is 5.91 Å². The summed E-state index contributed by atoms with van der Waals surface area (Å²) in [5, 5.41) is 0. The second-order valence-electron chi connectivity index (χ2n) is 6.81. The number of carbonyl (C=O) groups is 1. The van der Waals surface area contributed by atoms with E-state index < -0.39 is 0 Å². The zero-order chi connectivity index (χ0) is 17.1. The van der Waals surface area contributed by atoms with E-state index in [4.69, 9.17) is 4.42 Å². The van der Waals surface area contributed by atoms with Crippen LogP contribution in [0.5, 0.6) is 0 Å². The highest BCUT2D eigenvalue weighted by Gasteiger charge is 2.27. The maximum atomic E-state index is 12.5. The molecule has 1 aliphatic heterocycles. The van der Waals surface area contributed by atoms with Crippen LogP contribution in [0.15, 0.2) is 34.9 Å². The molecule has 0 unspecified atom stereocenters. The lowest BCUT2D eigenvalue weighted by molar-refractivity contribution is 0.0772. The molecule has 0 saturated heterocycles. The van der Waals surface area contributed by atoms with Crippen molar-refractivity contribution in [2.75, 3.05) is 26.7 Å². The number of hydrogen-bond acceptors (Lipinski definition) is 3. The minimum absolute atomic E-state index is 0.186. The molecular formula is C20H26N2O2. The topological polar surface area (TPSA) is 36.7 Å². The Labute approximate surface area is 144 Å². The van der Waals surface area contributed by atoms with E-state index in [9.17, 15) is 4.79 Å². The number of furan rings is 1. The molecule has 0 spiro atoms. The van der Waals surface area contributed by atoms with Gasteiger partial charge in [-0.1, -0.05) is 6.07 Å². The molecule has 0 radical (unpaired) electrons. The van der Waals surface area contributed by atoms with Crippen molar-refractivity contribution in [1.82, 2.24) is 9.80 Å². The van der Waals surface area contributed by atoms with Gasteiger partial charge in [-0.25, -0.2) is 0 Å². The van der Waals surface area contributed by atoms with Gasteiger partial charge in [0.05, 0.1) is 6.26 Å². The summed E-state index contributed by atoms with van der Waals surface area (Å²) in [5.74, 6) is 1.21. The summed E-state index contributed by atoms with van der Waals surface area (Å²) in [7, 11) is 2.12. The summed E-state index contributed by atoms with van der Waals surface area (Å²) in [5.41, 5.74) is 4.53. The number of benzene rings is 1. The molecule has 2 aromatic rings. The fourth-order valence-electron chi connectivity index (χ4n) is 3.23. The van der Waals surface area contributed by atoms with E-state index in [0.29, 0.717) is 0 Å². The van der Waals surface area contributed by atoms with Crippen LogP contribution in [0.3, 0.4) is 0 Å². The van der Waals surface area contributed by atoms with Crippen LogP contribution < -0.4 is 0 Å². The van der Waals surface area contributed by atoms with Gasteiger partial charge in [0.25, 0.3) is 5.91 Å². The van der Waals surface area contributed by atoms with Crippen molar-refractivity contribution in [2.45, 2.75) is 33.2 Å². The molecule has 1 amide bonds. The van der Waals surface area contributed by atoms with Gasteiger partial charge in [0.2, 0.25) is 0 Å². The van der Waals surface area contributed by atoms with Crippen molar-refractivity contribution in [3.63, 3.8) is 0 Å². The minimum atomic E-state index is 0.186. The Morgan fingerprint density at radius 1 is 1.21 bits per heavy atom. The number of hydrogen-bond donors (Lipinski definition) is 0. The van der Waals surface area contributed by atoms with Gasteiger partial charge in [-0.05, 0) is 68.8 Å². The lowest BCUT2D eigenvalue weighted by Gasteiger charge is -2.19. The Kier molecular flexibility index (Phi) is 5.05. The summed E-state index contributed by atoms with van der Waals surface area (Å²) in [4.78, 5) is 16.8. The molecule has 0 saturated carbocycles. The highest BCUT2D eigenvalue weighted by atomic mass is 16.3. The molecule has 0 N–H and O–H groups in total. The Bertz CT molecular complexity index is 707. The summed E-state index contributed by atoms with van der Waals surface area (Å²) in [6, 6.07) is 8.15. The Balaban J connectivity index is 1.45. The van der Waals surface area contributed by atoms with Crippen LogP contribution in [0.4, 0.5) is 0 Å². The molecule has 1 aromatic heterocycles. The van der Waals surface area contributed by atoms with E-state index in [0.717, 1.165) is 50.3 Å². The molecular weight excluding hydrogens is 300 g/mol. The number of aryl methyl sites for hydroxylation is 2. The van der Waals surface area contributed by atoms with Gasteiger partial charge in [0.1, 0.15) is 5.76 Å². The second-order valence-corrected chi connectivity index (χ2v) is 6.81. The van der Waals surface area contributed by atoms with Crippen LogP contribution >= 0.6 is 0 Å². The number of carbonyl (C=O) groups excluding carboxylic acids is 1. The van der Waals surface area contributed by atoms with Crippen LogP contribution in [0.2, 0.25) is 0 Å².